The first-order valence-corrected chi connectivity index (χ1v) is 13.2. The molecule has 1 amide bonds. The minimum atomic E-state index is -3.98. The van der Waals surface area contributed by atoms with Crippen LogP contribution in [-0.2, 0) is 14.8 Å². The molecule has 0 aliphatic rings. The number of rotatable bonds is 8. The number of carbonyl (C=O) groups excluding carboxylic acids is 1. The fourth-order valence-corrected chi connectivity index (χ4v) is 5.45. The van der Waals surface area contributed by atoms with Crippen molar-refractivity contribution in [1.82, 2.24) is 5.32 Å². The van der Waals surface area contributed by atoms with Crippen molar-refractivity contribution in [3.63, 3.8) is 0 Å². The number of aryl methyl sites for hydroxylation is 3. The lowest BCUT2D eigenvalue weighted by Gasteiger charge is -2.26. The summed E-state index contributed by atoms with van der Waals surface area (Å²) in [4.78, 5) is 13.6. The second kappa shape index (κ2) is 10.8. The fourth-order valence-electron chi connectivity index (χ4n) is 4.04. The van der Waals surface area contributed by atoms with Gasteiger partial charge in [0.25, 0.3) is 10.0 Å². The number of amides is 1. The standard InChI is InChI=1S/C30H30N2O3S/c1-22-12-16-26(17-13-22)30(25-9-5-4-6-10-25)31-29(33)21-32(27-11-7-8-24(3)20-27)36(34,35)28-18-14-23(2)15-19-28/h4-20,30H,21H2,1-3H3,(H,31,33)/t30-/m1/s1. The zero-order chi connectivity index (χ0) is 25.7. The predicted octanol–water partition coefficient (Wildman–Crippen LogP) is 5.71. The van der Waals surface area contributed by atoms with Gasteiger partial charge in [-0.3, -0.25) is 9.10 Å². The number of carbonyl (C=O) groups is 1. The maximum Gasteiger partial charge on any atom is 0.264 e. The number of nitrogens with one attached hydrogen (secondary N) is 1. The Hall–Kier alpha value is -3.90. The molecule has 0 aliphatic carbocycles. The average Bonchev–Trinajstić information content (AvgIpc) is 2.87. The van der Waals surface area contributed by atoms with Gasteiger partial charge in [0, 0.05) is 0 Å². The SMILES string of the molecule is Cc1ccc([C@H](NC(=O)CN(c2cccc(C)c2)S(=O)(=O)c2ccc(C)cc2)c2ccccc2)cc1. The van der Waals surface area contributed by atoms with E-state index in [4.69, 9.17) is 0 Å². The van der Waals surface area contributed by atoms with Gasteiger partial charge in [0.05, 0.1) is 16.6 Å². The van der Waals surface area contributed by atoms with Crippen molar-refractivity contribution in [2.24, 2.45) is 0 Å². The number of hydrogen-bond acceptors (Lipinski definition) is 3. The molecule has 0 bridgehead atoms. The molecule has 1 N–H and O–H groups in total. The lowest BCUT2D eigenvalue weighted by Crippen LogP contribution is -2.42. The summed E-state index contributed by atoms with van der Waals surface area (Å²) in [6, 6.07) is 31.0. The van der Waals surface area contributed by atoms with Crippen molar-refractivity contribution in [2.75, 3.05) is 10.8 Å². The van der Waals surface area contributed by atoms with Gasteiger partial charge in [-0.2, -0.15) is 0 Å². The van der Waals surface area contributed by atoms with Crippen LogP contribution in [-0.4, -0.2) is 20.9 Å². The van der Waals surface area contributed by atoms with Crippen LogP contribution in [0.5, 0.6) is 0 Å². The highest BCUT2D eigenvalue weighted by Gasteiger charge is 2.28. The maximum absolute atomic E-state index is 13.7. The van der Waals surface area contributed by atoms with Crippen LogP contribution in [0.2, 0.25) is 0 Å². The first kappa shape index (κ1) is 25.2. The lowest BCUT2D eigenvalue weighted by molar-refractivity contribution is -0.120. The maximum atomic E-state index is 13.7. The summed E-state index contributed by atoms with van der Waals surface area (Å²) in [5.74, 6) is -0.401. The van der Waals surface area contributed by atoms with Gasteiger partial charge in [-0.05, 0) is 61.7 Å². The Balaban J connectivity index is 1.68. The molecular formula is C30H30N2O3S. The van der Waals surface area contributed by atoms with Crippen molar-refractivity contribution in [3.05, 3.63) is 131 Å². The Kier molecular flexibility index (Phi) is 7.55. The molecule has 4 aromatic carbocycles. The normalized spacial score (nSPS) is 12.1. The molecule has 4 rings (SSSR count). The van der Waals surface area contributed by atoms with Gasteiger partial charge in [0.1, 0.15) is 6.54 Å². The van der Waals surface area contributed by atoms with E-state index in [1.165, 1.54) is 4.31 Å². The Morgan fingerprint density at radius 2 is 1.31 bits per heavy atom. The third-order valence-corrected chi connectivity index (χ3v) is 7.82. The molecule has 0 radical (unpaired) electrons. The van der Waals surface area contributed by atoms with Crippen LogP contribution in [0.15, 0.2) is 108 Å². The van der Waals surface area contributed by atoms with Crippen molar-refractivity contribution in [1.29, 1.82) is 0 Å². The second-order valence-corrected chi connectivity index (χ2v) is 10.8. The van der Waals surface area contributed by atoms with E-state index >= 15 is 0 Å². The summed E-state index contributed by atoms with van der Waals surface area (Å²) in [5.41, 5.74) is 5.25. The van der Waals surface area contributed by atoms with E-state index in [0.717, 1.165) is 27.8 Å². The van der Waals surface area contributed by atoms with Gasteiger partial charge in [-0.15, -0.1) is 0 Å². The second-order valence-electron chi connectivity index (χ2n) is 8.99. The summed E-state index contributed by atoms with van der Waals surface area (Å²) in [6.45, 7) is 5.45. The molecule has 36 heavy (non-hydrogen) atoms. The Morgan fingerprint density at radius 3 is 1.92 bits per heavy atom. The third kappa shape index (κ3) is 5.83. The molecule has 6 heteroatoms. The first-order valence-electron chi connectivity index (χ1n) is 11.8. The van der Waals surface area contributed by atoms with Gasteiger partial charge >= 0.3 is 0 Å². The van der Waals surface area contributed by atoms with Crippen LogP contribution in [0, 0.1) is 20.8 Å². The minimum absolute atomic E-state index is 0.139. The van der Waals surface area contributed by atoms with E-state index in [0.29, 0.717) is 5.69 Å². The van der Waals surface area contributed by atoms with E-state index in [2.05, 4.69) is 5.32 Å². The Morgan fingerprint density at radius 1 is 0.722 bits per heavy atom. The van der Waals surface area contributed by atoms with Crippen molar-refractivity contribution >= 4 is 21.6 Å². The lowest BCUT2D eigenvalue weighted by atomic mass is 9.98. The molecule has 1 atom stereocenters. The number of benzene rings is 4. The van der Waals surface area contributed by atoms with Crippen molar-refractivity contribution < 1.29 is 13.2 Å². The molecule has 0 unspecified atom stereocenters. The molecule has 0 saturated carbocycles. The van der Waals surface area contributed by atoms with E-state index in [-0.39, 0.29) is 11.4 Å². The van der Waals surface area contributed by atoms with Gasteiger partial charge in [0.15, 0.2) is 0 Å². The monoisotopic (exact) mass is 498 g/mol. The molecule has 0 heterocycles. The molecular weight excluding hydrogens is 468 g/mol. The summed E-state index contributed by atoms with van der Waals surface area (Å²) in [7, 11) is -3.98. The van der Waals surface area contributed by atoms with Crippen LogP contribution < -0.4 is 9.62 Å². The zero-order valence-corrected chi connectivity index (χ0v) is 21.5. The molecule has 0 saturated heterocycles. The topological polar surface area (TPSA) is 66.5 Å². The van der Waals surface area contributed by atoms with Crippen molar-refractivity contribution in [2.45, 2.75) is 31.7 Å². The third-order valence-electron chi connectivity index (χ3n) is 6.03. The summed E-state index contributed by atoms with van der Waals surface area (Å²) < 4.78 is 28.6. The van der Waals surface area contributed by atoms with Gasteiger partial charge < -0.3 is 5.32 Å². The van der Waals surface area contributed by atoms with Crippen molar-refractivity contribution in [3.8, 4) is 0 Å². The number of hydrogen-bond donors (Lipinski definition) is 1. The highest BCUT2D eigenvalue weighted by molar-refractivity contribution is 7.92. The first-order chi connectivity index (χ1) is 17.2. The number of nitrogens with zero attached hydrogens (tertiary/aromatic N) is 1. The molecule has 0 spiro atoms. The van der Waals surface area contributed by atoms with E-state index in [1.54, 1.807) is 42.5 Å². The Bertz CT molecular complexity index is 1430. The smallest absolute Gasteiger partial charge is 0.264 e. The molecule has 4 aromatic rings. The quantitative estimate of drug-likeness (QED) is 0.338. The van der Waals surface area contributed by atoms with E-state index in [9.17, 15) is 13.2 Å². The van der Waals surface area contributed by atoms with Crippen LogP contribution in [0.1, 0.15) is 33.9 Å². The van der Waals surface area contributed by atoms with E-state index < -0.39 is 22.0 Å². The number of anilines is 1. The van der Waals surface area contributed by atoms with E-state index in [1.807, 2.05) is 81.4 Å². The van der Waals surface area contributed by atoms with Gasteiger partial charge in [0.2, 0.25) is 5.91 Å². The summed E-state index contributed by atoms with van der Waals surface area (Å²) in [6.07, 6.45) is 0. The molecule has 0 aromatic heterocycles. The molecule has 0 aliphatic heterocycles. The average molecular weight is 499 g/mol. The molecule has 5 nitrogen and oxygen atoms in total. The summed E-state index contributed by atoms with van der Waals surface area (Å²) >= 11 is 0. The van der Waals surface area contributed by atoms with Crippen LogP contribution in [0.25, 0.3) is 0 Å². The summed E-state index contributed by atoms with van der Waals surface area (Å²) in [5, 5.41) is 3.07. The fraction of sp³-hybridized carbons (Fsp3) is 0.167. The minimum Gasteiger partial charge on any atom is -0.344 e. The highest BCUT2D eigenvalue weighted by atomic mass is 32.2. The number of sulfonamides is 1. The largest absolute Gasteiger partial charge is 0.344 e. The zero-order valence-electron chi connectivity index (χ0n) is 20.7. The molecule has 184 valence electrons. The predicted molar refractivity (Wildman–Crippen MR) is 144 cm³/mol. The van der Waals surface area contributed by atoms with Crippen LogP contribution in [0.3, 0.4) is 0 Å². The van der Waals surface area contributed by atoms with Crippen LogP contribution in [0.4, 0.5) is 5.69 Å². The van der Waals surface area contributed by atoms with Crippen LogP contribution >= 0.6 is 0 Å². The van der Waals surface area contributed by atoms with Gasteiger partial charge in [-0.1, -0.05) is 90.0 Å². The Labute approximate surface area is 213 Å². The van der Waals surface area contributed by atoms with Gasteiger partial charge in [-0.25, -0.2) is 8.42 Å². The molecule has 0 fully saturated rings. The highest BCUT2D eigenvalue weighted by Crippen LogP contribution is 2.26.